The molecule has 0 aromatic carbocycles. The van der Waals surface area contributed by atoms with Crippen LogP contribution in [0.3, 0.4) is 0 Å². The Bertz CT molecular complexity index is 1890. The molecule has 24 heteroatoms. The van der Waals surface area contributed by atoms with E-state index in [4.69, 9.17) is 47.4 Å². The van der Waals surface area contributed by atoms with Gasteiger partial charge in [-0.15, -0.1) is 7.05 Å². The van der Waals surface area contributed by atoms with Crippen LogP contribution in [0, 0.1) is 7.05 Å². The Kier molecular flexibility index (Phi) is 45.4. The van der Waals surface area contributed by atoms with Gasteiger partial charge < -0.3 is 65.3 Å². The molecule has 0 aliphatic heterocycles. The smallest absolute Gasteiger partial charge is 0.362 e. The quantitative estimate of drug-likeness (QED) is 0.0194. The normalized spacial score (nSPS) is 13.0. The largest absolute Gasteiger partial charge is 0.466 e. The average Bonchev–Trinajstić information content (AvgIpc) is 3.50. The van der Waals surface area contributed by atoms with Crippen molar-refractivity contribution < 1.29 is 113 Å². The summed E-state index contributed by atoms with van der Waals surface area (Å²) < 4.78 is 54.5. The van der Waals surface area contributed by atoms with Crippen molar-refractivity contribution in [2.45, 2.75) is 194 Å². The van der Waals surface area contributed by atoms with E-state index in [9.17, 15) is 47.9 Å². The topological polar surface area (TPSA) is 263 Å². The van der Waals surface area contributed by atoms with Crippen LogP contribution in [0.2, 0.25) is 0 Å². The molecule has 3 atom stereocenters. The standard InChI is InChI=1S/C64H117N4O20/c1-53(69)79-43-37-65(5,6)47-61(75)85-51-57(87-63(77)49-67(9,10)39-45-81-55(3)71)33-27-21-15-17-23-29-35-59(73)83-41-31-25-19-13-14-20-26-32-42-84-60(74)36-30-24-18-16-22-28-34-58(88-64(78)50-68(11,12)40-46-82-56(4)72)52-86-62(76)48-66(7,8)38-44-80-54(2)70/h57-58H,5,13-52H2,1-4,6-12H3/q+3. The number of ether oxygens (including phenoxy) is 10. The van der Waals surface area contributed by atoms with Gasteiger partial charge in [0.1, 0.15) is 71.5 Å². The number of quaternary nitrogens is 4. The van der Waals surface area contributed by atoms with Crippen molar-refractivity contribution >= 4 is 59.7 Å². The second-order valence-corrected chi connectivity index (χ2v) is 25.5. The molecule has 0 radical (unpaired) electrons. The molecule has 0 spiro atoms. The molecule has 0 aromatic rings. The Hall–Kier alpha value is -5.46. The third kappa shape index (κ3) is 53.6. The van der Waals surface area contributed by atoms with Gasteiger partial charge >= 0.3 is 59.7 Å². The molecule has 0 saturated heterocycles. The second-order valence-electron chi connectivity index (χ2n) is 25.5. The predicted octanol–water partition coefficient (Wildman–Crippen LogP) is 7.06. The van der Waals surface area contributed by atoms with Crippen molar-refractivity contribution in [2.75, 3.05) is 155 Å². The molecule has 3 unspecified atom stereocenters. The lowest BCUT2D eigenvalue weighted by Gasteiger charge is -2.36. The van der Waals surface area contributed by atoms with E-state index < -0.39 is 54.0 Å². The zero-order valence-corrected chi connectivity index (χ0v) is 56.1. The van der Waals surface area contributed by atoms with E-state index in [0.29, 0.717) is 65.1 Å². The summed E-state index contributed by atoms with van der Waals surface area (Å²) in [5.74, 6) is -3.81. The van der Waals surface area contributed by atoms with Crippen molar-refractivity contribution in [1.29, 1.82) is 0 Å². The number of nitrogens with zero attached hydrogens (tertiary/aromatic N) is 4. The van der Waals surface area contributed by atoms with Gasteiger partial charge in [-0.1, -0.05) is 89.9 Å². The molecule has 0 rings (SSSR count). The maximum atomic E-state index is 13.0. The zero-order chi connectivity index (χ0) is 66.3. The van der Waals surface area contributed by atoms with Gasteiger partial charge in [0.2, 0.25) is 0 Å². The van der Waals surface area contributed by atoms with Crippen molar-refractivity contribution in [3.05, 3.63) is 7.05 Å². The lowest BCUT2D eigenvalue weighted by molar-refractivity contribution is -0.883. The minimum Gasteiger partial charge on any atom is -0.466 e. The maximum absolute atomic E-state index is 13.0. The van der Waals surface area contributed by atoms with Crippen LogP contribution >= 0.6 is 0 Å². The first kappa shape index (κ1) is 82.5. The fourth-order valence-electron chi connectivity index (χ4n) is 9.14. The molecular weight excluding hydrogens is 1140 g/mol. The highest BCUT2D eigenvalue weighted by atomic mass is 16.6. The zero-order valence-electron chi connectivity index (χ0n) is 56.1. The van der Waals surface area contributed by atoms with Gasteiger partial charge in [0.25, 0.3) is 0 Å². The number of esters is 10. The van der Waals surface area contributed by atoms with E-state index in [1.807, 2.05) is 42.3 Å². The minimum atomic E-state index is -0.649. The Morgan fingerprint density at radius 3 is 0.898 bits per heavy atom. The molecule has 0 saturated carbocycles. The van der Waals surface area contributed by atoms with Crippen LogP contribution in [-0.4, -0.2) is 244 Å². The van der Waals surface area contributed by atoms with Crippen molar-refractivity contribution in [1.82, 2.24) is 0 Å². The van der Waals surface area contributed by atoms with E-state index in [-0.39, 0.29) is 102 Å². The van der Waals surface area contributed by atoms with E-state index in [0.717, 1.165) is 128 Å². The molecule has 0 amide bonds. The molecule has 0 N–H and O–H groups in total. The van der Waals surface area contributed by atoms with Crippen LogP contribution in [0.15, 0.2) is 0 Å². The predicted molar refractivity (Wildman–Crippen MR) is 328 cm³/mol. The lowest BCUT2D eigenvalue weighted by Crippen LogP contribution is -2.48. The Labute approximate surface area is 526 Å². The molecule has 0 aliphatic carbocycles. The number of carbonyl (C=O) groups excluding carboxylic acids is 10. The SMILES string of the molecule is [CH2-][N+](C)(CCOC(C)=O)CC(=O)OCC(CCCCCCCCC(=O)OCCCCCCCCCCOC(=O)CCCCCCCCC(COC(=O)C[N+](C)(C)CCOC(C)=O)OC(=O)C[N+](C)(C)CCOC(C)=O)OC(=O)C[N+](C)(C)CCOC(C)=O. The summed E-state index contributed by atoms with van der Waals surface area (Å²) in [4.78, 5) is 121. The fraction of sp³-hybridized carbons (Fsp3) is 0.828. The Morgan fingerprint density at radius 2 is 0.568 bits per heavy atom. The van der Waals surface area contributed by atoms with Crippen LogP contribution in [0.4, 0.5) is 0 Å². The molecule has 0 aliphatic rings. The van der Waals surface area contributed by atoms with Gasteiger partial charge in [-0.25, -0.2) is 19.2 Å². The van der Waals surface area contributed by atoms with Crippen molar-refractivity contribution in [3.8, 4) is 0 Å². The molecule has 0 heterocycles. The van der Waals surface area contributed by atoms with Crippen LogP contribution in [-0.2, 0) is 95.3 Å². The summed E-state index contributed by atoms with van der Waals surface area (Å²) in [6.45, 7) is 8.24. The van der Waals surface area contributed by atoms with Gasteiger partial charge in [-0.3, -0.25) is 28.8 Å². The lowest BCUT2D eigenvalue weighted by atomic mass is 10.1. The number of carbonyl (C=O) groups is 10. The summed E-state index contributed by atoms with van der Waals surface area (Å²) in [5, 5.41) is 0. The van der Waals surface area contributed by atoms with Crippen LogP contribution < -0.4 is 0 Å². The average molecular weight is 1260 g/mol. The molecule has 0 fully saturated rings. The first-order chi connectivity index (χ1) is 41.4. The summed E-state index contributed by atoms with van der Waals surface area (Å²) in [7, 11) is 16.7. The fourth-order valence-corrected chi connectivity index (χ4v) is 9.14. The molecule has 24 nitrogen and oxygen atoms in total. The number of hydrogen-bond acceptors (Lipinski definition) is 20. The molecule has 0 aromatic heterocycles. The molecule has 88 heavy (non-hydrogen) atoms. The number of likely N-dealkylation sites (N-methyl/N-ethyl adjacent to an activating group) is 4. The monoisotopic (exact) mass is 1260 g/mol. The minimum absolute atomic E-state index is 0.00221. The van der Waals surface area contributed by atoms with Crippen LogP contribution in [0.1, 0.15) is 182 Å². The molecular formula is C64H117N4O20+3. The Morgan fingerprint density at radius 1 is 0.295 bits per heavy atom. The molecule has 510 valence electrons. The van der Waals surface area contributed by atoms with Crippen LogP contribution in [0.25, 0.3) is 0 Å². The number of hydrogen-bond donors (Lipinski definition) is 0. The first-order valence-electron chi connectivity index (χ1n) is 32.1. The van der Waals surface area contributed by atoms with Gasteiger partial charge in [-0.2, -0.15) is 0 Å². The molecule has 0 bridgehead atoms. The van der Waals surface area contributed by atoms with Gasteiger partial charge in [0.05, 0.1) is 62.0 Å². The maximum Gasteiger partial charge on any atom is 0.362 e. The highest BCUT2D eigenvalue weighted by Crippen LogP contribution is 2.17. The highest BCUT2D eigenvalue weighted by Gasteiger charge is 2.29. The van der Waals surface area contributed by atoms with Crippen LogP contribution in [0.5, 0.6) is 0 Å². The van der Waals surface area contributed by atoms with E-state index >= 15 is 0 Å². The van der Waals surface area contributed by atoms with Gasteiger partial charge in [0, 0.05) is 47.6 Å². The Balaban J connectivity index is 4.32. The van der Waals surface area contributed by atoms with Crippen molar-refractivity contribution in [2.24, 2.45) is 0 Å². The summed E-state index contributed by atoms with van der Waals surface area (Å²) >= 11 is 0. The second kappa shape index (κ2) is 48.4. The van der Waals surface area contributed by atoms with E-state index in [1.165, 1.54) is 27.7 Å². The van der Waals surface area contributed by atoms with E-state index in [2.05, 4.69) is 7.05 Å². The first-order valence-corrected chi connectivity index (χ1v) is 32.1. The number of unbranched alkanes of at least 4 members (excludes halogenated alkanes) is 17. The summed E-state index contributed by atoms with van der Waals surface area (Å²) in [5.41, 5.74) is 0. The van der Waals surface area contributed by atoms with E-state index in [1.54, 1.807) is 7.05 Å². The summed E-state index contributed by atoms with van der Waals surface area (Å²) in [6, 6.07) is 0. The third-order valence-electron chi connectivity index (χ3n) is 14.5. The highest BCUT2D eigenvalue weighted by molar-refractivity contribution is 5.73. The van der Waals surface area contributed by atoms with Crippen molar-refractivity contribution in [3.63, 3.8) is 0 Å². The summed E-state index contributed by atoms with van der Waals surface area (Å²) in [6.07, 6.45) is 18.8. The van der Waals surface area contributed by atoms with Gasteiger partial charge in [-0.05, 0) is 51.4 Å². The van der Waals surface area contributed by atoms with Gasteiger partial charge in [0.15, 0.2) is 26.2 Å². The number of rotatable bonds is 55. The third-order valence-corrected chi connectivity index (χ3v) is 14.5.